The van der Waals surface area contributed by atoms with Gasteiger partial charge in [0.25, 0.3) is 0 Å². The molecule has 0 saturated heterocycles. The van der Waals surface area contributed by atoms with Crippen molar-refractivity contribution < 1.29 is 8.85 Å². The average molecular weight is 369 g/mol. The molecule has 0 aliphatic heterocycles. The highest BCUT2D eigenvalue weighted by Crippen LogP contribution is 2.52. The van der Waals surface area contributed by atoms with E-state index in [2.05, 4.69) is 41.5 Å². The third-order valence-corrected chi connectivity index (χ3v) is 12.2. The van der Waals surface area contributed by atoms with Crippen molar-refractivity contribution in [2.24, 2.45) is 23.7 Å². The fourth-order valence-corrected chi connectivity index (χ4v) is 10.5. The second-order valence-corrected chi connectivity index (χ2v) is 13.0. The quantitative estimate of drug-likeness (QED) is 0.432. The van der Waals surface area contributed by atoms with Crippen LogP contribution in [-0.2, 0) is 8.85 Å². The van der Waals surface area contributed by atoms with E-state index in [1.54, 1.807) is 0 Å². The van der Waals surface area contributed by atoms with E-state index in [-0.39, 0.29) is 0 Å². The van der Waals surface area contributed by atoms with Crippen LogP contribution in [0.25, 0.3) is 0 Å². The number of hydrogen-bond acceptors (Lipinski definition) is 2. The van der Waals surface area contributed by atoms with Gasteiger partial charge in [-0.1, -0.05) is 53.4 Å². The van der Waals surface area contributed by atoms with Crippen molar-refractivity contribution in [2.75, 3.05) is 13.2 Å². The molecule has 0 N–H and O–H groups in total. The molecule has 2 aliphatic rings. The summed E-state index contributed by atoms with van der Waals surface area (Å²) in [5, 5.41) is 0. The minimum absolute atomic E-state index is 0.725. The summed E-state index contributed by atoms with van der Waals surface area (Å²) in [5.41, 5.74) is 1.45. The zero-order chi connectivity index (χ0) is 18.4. The lowest BCUT2D eigenvalue weighted by atomic mass is 9.81. The van der Waals surface area contributed by atoms with Gasteiger partial charge in [-0.25, -0.2) is 0 Å². The molecular formula is C22H44O2Si. The van der Waals surface area contributed by atoms with E-state index in [1.165, 1.54) is 51.4 Å². The van der Waals surface area contributed by atoms with E-state index in [0.717, 1.165) is 48.0 Å². The first-order chi connectivity index (χ1) is 11.9. The molecule has 0 heterocycles. The summed E-state index contributed by atoms with van der Waals surface area (Å²) in [5.74, 6) is 3.50. The Morgan fingerprint density at radius 3 is 1.20 bits per heavy atom. The normalized spacial score (nSPS) is 31.7. The Kier molecular flexibility index (Phi) is 8.48. The maximum absolute atomic E-state index is 6.66. The van der Waals surface area contributed by atoms with Crippen LogP contribution in [0.5, 0.6) is 0 Å². The molecule has 0 aromatic heterocycles. The van der Waals surface area contributed by atoms with Crippen LogP contribution in [0.4, 0.5) is 0 Å². The first kappa shape index (κ1) is 21.4. The molecule has 0 spiro atoms. The molecule has 2 aliphatic carbocycles. The van der Waals surface area contributed by atoms with Crippen LogP contribution >= 0.6 is 0 Å². The summed E-state index contributed by atoms with van der Waals surface area (Å²) in [6.07, 6.45) is 10.9. The predicted octanol–water partition coefficient (Wildman–Crippen LogP) is 6.93. The summed E-state index contributed by atoms with van der Waals surface area (Å²) in [6.45, 7) is 15.6. The SMILES string of the molecule is CCO[Si](OCC)(C1CCC(C(C)C)CC1)C1CCC(C(C)C)CC1. The lowest BCUT2D eigenvalue weighted by Gasteiger charge is -2.47. The second kappa shape index (κ2) is 9.89. The molecule has 3 heteroatoms. The van der Waals surface area contributed by atoms with Gasteiger partial charge < -0.3 is 8.85 Å². The fourth-order valence-electron chi connectivity index (χ4n) is 5.67. The molecule has 0 radical (unpaired) electrons. The van der Waals surface area contributed by atoms with Crippen LogP contribution in [-0.4, -0.2) is 21.8 Å². The van der Waals surface area contributed by atoms with E-state index >= 15 is 0 Å². The highest BCUT2D eigenvalue weighted by Gasteiger charge is 2.53. The van der Waals surface area contributed by atoms with Crippen LogP contribution in [0.2, 0.25) is 11.1 Å². The lowest BCUT2D eigenvalue weighted by molar-refractivity contribution is 0.131. The predicted molar refractivity (Wildman–Crippen MR) is 110 cm³/mol. The molecule has 0 bridgehead atoms. The van der Waals surface area contributed by atoms with Gasteiger partial charge in [-0.05, 0) is 63.2 Å². The van der Waals surface area contributed by atoms with Gasteiger partial charge in [-0.2, -0.15) is 0 Å². The Hall–Kier alpha value is 0.137. The number of hydrogen-bond donors (Lipinski definition) is 0. The lowest BCUT2D eigenvalue weighted by Crippen LogP contribution is -2.53. The topological polar surface area (TPSA) is 18.5 Å². The molecule has 2 rings (SSSR count). The van der Waals surface area contributed by atoms with Gasteiger partial charge in [-0.3, -0.25) is 0 Å². The van der Waals surface area contributed by atoms with E-state index in [4.69, 9.17) is 8.85 Å². The first-order valence-electron chi connectivity index (χ1n) is 11.2. The Morgan fingerprint density at radius 2 is 0.960 bits per heavy atom. The van der Waals surface area contributed by atoms with Crippen LogP contribution in [0.3, 0.4) is 0 Å². The highest BCUT2D eigenvalue weighted by atomic mass is 28.4. The molecule has 2 fully saturated rings. The molecule has 0 atom stereocenters. The summed E-state index contributed by atoms with van der Waals surface area (Å²) >= 11 is 0. The number of rotatable bonds is 8. The van der Waals surface area contributed by atoms with E-state index in [9.17, 15) is 0 Å². The molecule has 2 nitrogen and oxygen atoms in total. The largest absolute Gasteiger partial charge is 0.394 e. The van der Waals surface area contributed by atoms with Gasteiger partial charge in [0.1, 0.15) is 0 Å². The summed E-state index contributed by atoms with van der Waals surface area (Å²) < 4.78 is 13.3. The molecule has 0 aromatic rings. The van der Waals surface area contributed by atoms with E-state index in [0.29, 0.717) is 0 Å². The van der Waals surface area contributed by atoms with Gasteiger partial charge in [0.05, 0.1) is 0 Å². The fraction of sp³-hybridized carbons (Fsp3) is 1.00. The minimum atomic E-state index is -2.12. The maximum atomic E-state index is 6.66. The molecule has 2 saturated carbocycles. The highest BCUT2D eigenvalue weighted by molar-refractivity contribution is 6.70. The third-order valence-electron chi connectivity index (χ3n) is 7.31. The Morgan fingerprint density at radius 1 is 0.640 bits per heavy atom. The Balaban J connectivity index is 2.11. The van der Waals surface area contributed by atoms with Gasteiger partial charge in [0.2, 0.25) is 0 Å². The van der Waals surface area contributed by atoms with E-state index < -0.39 is 8.56 Å². The zero-order valence-electron chi connectivity index (χ0n) is 17.9. The Labute approximate surface area is 158 Å². The van der Waals surface area contributed by atoms with Crippen molar-refractivity contribution in [1.29, 1.82) is 0 Å². The van der Waals surface area contributed by atoms with Crippen LogP contribution in [0, 0.1) is 23.7 Å². The van der Waals surface area contributed by atoms with Crippen molar-refractivity contribution in [3.05, 3.63) is 0 Å². The first-order valence-corrected chi connectivity index (χ1v) is 13.2. The molecular weight excluding hydrogens is 324 g/mol. The van der Waals surface area contributed by atoms with Gasteiger partial charge in [-0.15, -0.1) is 0 Å². The van der Waals surface area contributed by atoms with Gasteiger partial charge >= 0.3 is 8.56 Å². The molecule has 0 amide bonds. The molecule has 0 aromatic carbocycles. The third kappa shape index (κ3) is 5.10. The maximum Gasteiger partial charge on any atom is 0.344 e. The Bertz CT molecular complexity index is 330. The van der Waals surface area contributed by atoms with Crippen LogP contribution in [0.15, 0.2) is 0 Å². The van der Waals surface area contributed by atoms with E-state index in [1.807, 2.05) is 0 Å². The zero-order valence-corrected chi connectivity index (χ0v) is 18.9. The van der Waals surface area contributed by atoms with Crippen molar-refractivity contribution in [2.45, 2.75) is 104 Å². The summed E-state index contributed by atoms with van der Waals surface area (Å²) in [6, 6.07) is 0. The average Bonchev–Trinajstić information content (AvgIpc) is 2.61. The van der Waals surface area contributed by atoms with Gasteiger partial charge in [0.15, 0.2) is 0 Å². The van der Waals surface area contributed by atoms with Crippen LogP contribution < -0.4 is 0 Å². The smallest absolute Gasteiger partial charge is 0.344 e. The van der Waals surface area contributed by atoms with Crippen molar-refractivity contribution in [3.8, 4) is 0 Å². The monoisotopic (exact) mass is 368 g/mol. The van der Waals surface area contributed by atoms with Crippen LogP contribution in [0.1, 0.15) is 92.9 Å². The molecule has 0 unspecified atom stereocenters. The second-order valence-electron chi connectivity index (χ2n) is 9.30. The molecule has 25 heavy (non-hydrogen) atoms. The minimum Gasteiger partial charge on any atom is -0.394 e. The van der Waals surface area contributed by atoms with Gasteiger partial charge in [0, 0.05) is 24.3 Å². The molecule has 148 valence electrons. The van der Waals surface area contributed by atoms with Crippen molar-refractivity contribution in [1.82, 2.24) is 0 Å². The summed E-state index contributed by atoms with van der Waals surface area (Å²) in [7, 11) is -2.12. The summed E-state index contributed by atoms with van der Waals surface area (Å²) in [4.78, 5) is 0. The standard InChI is InChI=1S/C22H44O2Si/c1-7-23-25(24-8-2,21-13-9-19(10-14-21)17(3)4)22-15-11-20(12-16-22)18(5)6/h17-22H,7-16H2,1-6H3. The van der Waals surface area contributed by atoms with Crippen molar-refractivity contribution >= 4 is 8.56 Å². The van der Waals surface area contributed by atoms with Crippen molar-refractivity contribution in [3.63, 3.8) is 0 Å².